The smallest absolute Gasteiger partial charge is 0.164 e. The van der Waals surface area contributed by atoms with Gasteiger partial charge in [-0.2, -0.15) is 0 Å². The predicted octanol–water partition coefficient (Wildman–Crippen LogP) is 14.1. The van der Waals surface area contributed by atoms with Crippen molar-refractivity contribution in [2.75, 3.05) is 0 Å². The van der Waals surface area contributed by atoms with E-state index in [4.69, 9.17) is 19.4 Å². The van der Waals surface area contributed by atoms with Gasteiger partial charge < -0.3 is 4.42 Å². The highest BCUT2D eigenvalue weighted by molar-refractivity contribution is 7.26. The molecule has 0 N–H and O–H groups in total. The first-order valence-corrected chi connectivity index (χ1v) is 19.5. The van der Waals surface area contributed by atoms with Gasteiger partial charge in [0.15, 0.2) is 17.5 Å². The minimum Gasteiger partial charge on any atom is -0.456 e. The molecule has 56 heavy (non-hydrogen) atoms. The van der Waals surface area contributed by atoms with Crippen LogP contribution in [0.15, 0.2) is 192 Å². The highest BCUT2D eigenvalue weighted by atomic mass is 32.1. The van der Waals surface area contributed by atoms with Crippen LogP contribution >= 0.6 is 11.3 Å². The van der Waals surface area contributed by atoms with Crippen LogP contribution in [0, 0.1) is 0 Å². The second kappa shape index (κ2) is 13.3. The Balaban J connectivity index is 1.08. The average Bonchev–Trinajstić information content (AvgIpc) is 3.86. The zero-order valence-corrected chi connectivity index (χ0v) is 30.9. The molecule has 0 aliphatic carbocycles. The van der Waals surface area contributed by atoms with Gasteiger partial charge in [-0.3, -0.25) is 0 Å². The Morgan fingerprint density at radius 1 is 0.339 bits per heavy atom. The maximum atomic E-state index is 6.52. The summed E-state index contributed by atoms with van der Waals surface area (Å²) in [6, 6.07) is 65.6. The number of nitrogens with zero attached hydrogens (tertiary/aromatic N) is 3. The van der Waals surface area contributed by atoms with E-state index in [0.717, 1.165) is 49.8 Å². The van der Waals surface area contributed by atoms with Crippen LogP contribution in [0.25, 0.3) is 110 Å². The van der Waals surface area contributed by atoms with Crippen LogP contribution in [0.4, 0.5) is 0 Å². The van der Waals surface area contributed by atoms with Crippen LogP contribution in [0.3, 0.4) is 0 Å². The van der Waals surface area contributed by atoms with Crippen molar-refractivity contribution in [1.29, 1.82) is 0 Å². The van der Waals surface area contributed by atoms with Gasteiger partial charge in [-0.1, -0.05) is 164 Å². The first kappa shape index (κ1) is 32.2. The van der Waals surface area contributed by atoms with Crippen LogP contribution < -0.4 is 0 Å². The standard InChI is InChI=1S/C51H31N3OS/c1-4-13-32(14-5-1)33-25-27-36(28-26-33)50-52-49(35-17-8-3-9-18-35)53-51(54-50)41-22-11-23-44-46(41)42-31-37(29-30-43(42)55-44)39-20-10-21-40-47-38(34-15-6-2-7-16-34)19-12-24-45(47)56-48(39)40/h1-31H. The summed E-state index contributed by atoms with van der Waals surface area (Å²) in [5.41, 5.74) is 11.5. The van der Waals surface area contributed by atoms with E-state index >= 15 is 0 Å². The number of hydrogen-bond acceptors (Lipinski definition) is 5. The number of benzene rings is 8. The van der Waals surface area contributed by atoms with Crippen LogP contribution in [-0.2, 0) is 0 Å². The van der Waals surface area contributed by atoms with Crippen LogP contribution in [0.2, 0.25) is 0 Å². The fourth-order valence-electron chi connectivity index (χ4n) is 7.90. The number of furan rings is 1. The van der Waals surface area contributed by atoms with Gasteiger partial charge in [-0.15, -0.1) is 11.3 Å². The molecule has 5 heteroatoms. The molecule has 3 heterocycles. The van der Waals surface area contributed by atoms with Crippen LogP contribution in [0.5, 0.6) is 0 Å². The van der Waals surface area contributed by atoms with Gasteiger partial charge in [0.25, 0.3) is 0 Å². The predicted molar refractivity (Wildman–Crippen MR) is 233 cm³/mol. The van der Waals surface area contributed by atoms with E-state index in [1.54, 1.807) is 0 Å². The molecule has 0 amide bonds. The molecule has 0 aliphatic rings. The second-order valence-electron chi connectivity index (χ2n) is 13.9. The summed E-state index contributed by atoms with van der Waals surface area (Å²) in [5.74, 6) is 1.83. The Kier molecular flexibility index (Phi) is 7.64. The monoisotopic (exact) mass is 733 g/mol. The first-order valence-electron chi connectivity index (χ1n) is 18.7. The molecule has 0 saturated carbocycles. The van der Waals surface area contributed by atoms with E-state index in [2.05, 4.69) is 140 Å². The third kappa shape index (κ3) is 5.48. The third-order valence-corrected chi connectivity index (χ3v) is 11.8. The minimum absolute atomic E-state index is 0.597. The molecule has 11 rings (SSSR count). The van der Waals surface area contributed by atoms with Crippen molar-refractivity contribution in [2.45, 2.75) is 0 Å². The number of aromatic nitrogens is 3. The molecule has 0 aliphatic heterocycles. The maximum absolute atomic E-state index is 6.52. The summed E-state index contributed by atoms with van der Waals surface area (Å²) < 4.78 is 9.07. The summed E-state index contributed by atoms with van der Waals surface area (Å²) in [4.78, 5) is 15.3. The number of thiophene rings is 1. The van der Waals surface area contributed by atoms with Crippen molar-refractivity contribution in [3.05, 3.63) is 188 Å². The summed E-state index contributed by atoms with van der Waals surface area (Å²) in [7, 11) is 0. The number of rotatable bonds is 6. The van der Waals surface area contributed by atoms with Gasteiger partial charge in [0.2, 0.25) is 0 Å². The largest absolute Gasteiger partial charge is 0.456 e. The second-order valence-corrected chi connectivity index (χ2v) is 15.0. The Bertz CT molecular complexity index is 3230. The third-order valence-electron chi connectivity index (χ3n) is 10.6. The fraction of sp³-hybridized carbons (Fsp3) is 0. The quantitative estimate of drug-likeness (QED) is 0.171. The topological polar surface area (TPSA) is 51.8 Å². The number of fused-ring (bicyclic) bond motifs is 6. The Labute approximate surface area is 327 Å². The molecule has 0 saturated heterocycles. The lowest BCUT2D eigenvalue weighted by atomic mass is 9.96. The number of hydrogen-bond donors (Lipinski definition) is 0. The van der Waals surface area contributed by atoms with E-state index < -0.39 is 0 Å². The molecular formula is C51H31N3OS. The van der Waals surface area contributed by atoms with Gasteiger partial charge in [0.1, 0.15) is 11.2 Å². The average molecular weight is 734 g/mol. The van der Waals surface area contributed by atoms with E-state index in [9.17, 15) is 0 Å². The van der Waals surface area contributed by atoms with E-state index in [1.165, 1.54) is 42.4 Å². The fourth-order valence-corrected chi connectivity index (χ4v) is 9.16. The van der Waals surface area contributed by atoms with Crippen molar-refractivity contribution >= 4 is 53.4 Å². The summed E-state index contributed by atoms with van der Waals surface area (Å²) in [6.45, 7) is 0. The zero-order valence-electron chi connectivity index (χ0n) is 30.1. The Hall–Kier alpha value is -7.21. The summed E-state index contributed by atoms with van der Waals surface area (Å²) >= 11 is 1.85. The van der Waals surface area contributed by atoms with Gasteiger partial charge in [0.05, 0.1) is 0 Å². The molecule has 8 aromatic carbocycles. The lowest BCUT2D eigenvalue weighted by molar-refractivity contribution is 0.669. The van der Waals surface area contributed by atoms with E-state index in [1.807, 2.05) is 59.9 Å². The minimum atomic E-state index is 0.597. The van der Waals surface area contributed by atoms with Gasteiger partial charge in [0, 0.05) is 47.6 Å². The Morgan fingerprint density at radius 3 is 1.64 bits per heavy atom. The summed E-state index contributed by atoms with van der Waals surface area (Å²) in [6.07, 6.45) is 0. The highest BCUT2D eigenvalue weighted by Gasteiger charge is 2.20. The first-order chi connectivity index (χ1) is 27.7. The lowest BCUT2D eigenvalue weighted by Gasteiger charge is -2.10. The molecule has 4 nitrogen and oxygen atoms in total. The van der Waals surface area contributed by atoms with Gasteiger partial charge >= 0.3 is 0 Å². The van der Waals surface area contributed by atoms with E-state index in [-0.39, 0.29) is 0 Å². The van der Waals surface area contributed by atoms with Crippen molar-refractivity contribution in [2.24, 2.45) is 0 Å². The highest BCUT2D eigenvalue weighted by Crippen LogP contribution is 2.45. The molecule has 0 bridgehead atoms. The van der Waals surface area contributed by atoms with Crippen LogP contribution in [0.1, 0.15) is 0 Å². The molecule has 0 spiro atoms. The molecule has 0 unspecified atom stereocenters. The SMILES string of the molecule is c1ccc(-c2ccc(-c3nc(-c4ccccc4)nc(-c4cccc5oc6ccc(-c7cccc8c7sc7cccc(-c9ccccc9)c78)cc6c45)n3)cc2)cc1. The lowest BCUT2D eigenvalue weighted by Crippen LogP contribution is -2.00. The maximum Gasteiger partial charge on any atom is 0.164 e. The molecule has 262 valence electrons. The zero-order chi connectivity index (χ0) is 37.0. The molecule has 11 aromatic rings. The van der Waals surface area contributed by atoms with Crippen molar-refractivity contribution < 1.29 is 4.42 Å². The Morgan fingerprint density at radius 2 is 0.893 bits per heavy atom. The van der Waals surface area contributed by atoms with Crippen molar-refractivity contribution in [1.82, 2.24) is 15.0 Å². The molecule has 0 fully saturated rings. The van der Waals surface area contributed by atoms with Gasteiger partial charge in [-0.05, 0) is 57.6 Å². The molecule has 0 atom stereocenters. The molecular weight excluding hydrogens is 703 g/mol. The van der Waals surface area contributed by atoms with E-state index in [0.29, 0.717) is 17.5 Å². The normalized spacial score (nSPS) is 11.6. The van der Waals surface area contributed by atoms with Gasteiger partial charge in [-0.25, -0.2) is 15.0 Å². The van der Waals surface area contributed by atoms with Crippen molar-refractivity contribution in [3.8, 4) is 67.5 Å². The summed E-state index contributed by atoms with van der Waals surface area (Å²) in [5, 5.41) is 4.57. The molecule has 0 radical (unpaired) electrons. The molecule has 3 aromatic heterocycles. The van der Waals surface area contributed by atoms with Crippen molar-refractivity contribution in [3.63, 3.8) is 0 Å². The van der Waals surface area contributed by atoms with Crippen LogP contribution in [-0.4, -0.2) is 15.0 Å².